The van der Waals surface area contributed by atoms with Gasteiger partial charge in [-0.25, -0.2) is 0 Å². The molecule has 0 amide bonds. The average Bonchev–Trinajstić information content (AvgIpc) is 2.62. The van der Waals surface area contributed by atoms with Crippen molar-refractivity contribution in [3.8, 4) is 0 Å². The maximum Gasteiger partial charge on any atom is 0.195 e. The smallest absolute Gasteiger partial charge is 0.195 e. The van der Waals surface area contributed by atoms with Gasteiger partial charge in [-0.1, -0.05) is 48.5 Å². The van der Waals surface area contributed by atoms with Crippen LogP contribution in [-0.2, 0) is 4.74 Å². The van der Waals surface area contributed by atoms with Crippen LogP contribution in [0.2, 0.25) is 0 Å². The molecule has 2 heteroatoms. The first kappa shape index (κ1) is 13.0. The van der Waals surface area contributed by atoms with E-state index < -0.39 is 5.79 Å². The third kappa shape index (κ3) is 2.36. The molecule has 0 bridgehead atoms. The summed E-state index contributed by atoms with van der Waals surface area (Å²) in [4.78, 5) is 0. The number of aliphatic hydroxyl groups is 1. The van der Waals surface area contributed by atoms with E-state index in [-0.39, 0.29) is 16.2 Å². The average molecular weight is 214 g/mol. The lowest BCUT2D eigenvalue weighted by molar-refractivity contribution is -0.141. The molecule has 1 fully saturated rings. The van der Waals surface area contributed by atoms with E-state index in [0.29, 0.717) is 6.61 Å². The highest BCUT2D eigenvalue weighted by Crippen LogP contribution is 2.57. The van der Waals surface area contributed by atoms with Crippen LogP contribution in [0.3, 0.4) is 0 Å². The highest BCUT2D eigenvalue weighted by molar-refractivity contribution is 5.04. The Morgan fingerprint density at radius 3 is 1.67 bits per heavy atom. The van der Waals surface area contributed by atoms with Gasteiger partial charge >= 0.3 is 0 Å². The van der Waals surface area contributed by atoms with Crippen molar-refractivity contribution in [2.45, 2.75) is 60.7 Å². The summed E-state index contributed by atoms with van der Waals surface area (Å²) in [5.41, 5.74) is 0.0352. The molecule has 0 aromatic carbocycles. The number of hydrogen-bond donors (Lipinski definition) is 1. The Morgan fingerprint density at radius 2 is 1.47 bits per heavy atom. The summed E-state index contributed by atoms with van der Waals surface area (Å²) in [7, 11) is 0. The van der Waals surface area contributed by atoms with Gasteiger partial charge in [0.1, 0.15) is 6.61 Å². The normalized spacial score (nSPS) is 31.2. The quantitative estimate of drug-likeness (QED) is 0.716. The van der Waals surface area contributed by atoms with Crippen LogP contribution in [0.4, 0.5) is 0 Å². The Morgan fingerprint density at radius 1 is 1.07 bits per heavy atom. The van der Waals surface area contributed by atoms with Crippen LogP contribution in [-0.4, -0.2) is 17.5 Å². The maximum atomic E-state index is 10.3. The predicted octanol–water partition coefficient (Wildman–Crippen LogP) is 3.19. The first-order chi connectivity index (χ1) is 6.41. The Labute approximate surface area is 94.0 Å². The van der Waals surface area contributed by atoms with Gasteiger partial charge in [0, 0.05) is 5.41 Å². The Bertz CT molecular complexity index is 233. The summed E-state index contributed by atoms with van der Waals surface area (Å²) in [5.74, 6) is -0.904. The van der Waals surface area contributed by atoms with Crippen LogP contribution >= 0.6 is 0 Å². The van der Waals surface area contributed by atoms with Crippen molar-refractivity contribution in [2.24, 2.45) is 16.2 Å². The van der Waals surface area contributed by atoms with E-state index in [4.69, 9.17) is 4.74 Å². The number of epoxide rings is 1. The fourth-order valence-corrected chi connectivity index (χ4v) is 2.44. The van der Waals surface area contributed by atoms with E-state index in [1.807, 2.05) is 0 Å². The molecule has 0 aromatic rings. The molecule has 1 rings (SSSR count). The van der Waals surface area contributed by atoms with Crippen molar-refractivity contribution in [1.29, 1.82) is 0 Å². The second-order valence-corrected chi connectivity index (χ2v) is 7.39. The number of rotatable bonds is 2. The first-order valence-corrected chi connectivity index (χ1v) is 5.78. The van der Waals surface area contributed by atoms with Crippen LogP contribution in [0.15, 0.2) is 0 Å². The molecule has 2 atom stereocenters. The summed E-state index contributed by atoms with van der Waals surface area (Å²) in [6, 6.07) is 0. The molecule has 0 aromatic heterocycles. The van der Waals surface area contributed by atoms with Crippen LogP contribution in [0.25, 0.3) is 0 Å². The minimum absolute atomic E-state index is 0.0333. The molecule has 1 saturated heterocycles. The molecule has 0 saturated carbocycles. The van der Waals surface area contributed by atoms with Crippen molar-refractivity contribution >= 4 is 0 Å². The molecule has 1 N–H and O–H groups in total. The lowest BCUT2D eigenvalue weighted by Crippen LogP contribution is -2.48. The summed E-state index contributed by atoms with van der Waals surface area (Å²) < 4.78 is 5.29. The third-order valence-corrected chi connectivity index (χ3v) is 3.82. The van der Waals surface area contributed by atoms with E-state index in [1.54, 1.807) is 0 Å². The van der Waals surface area contributed by atoms with E-state index in [1.165, 1.54) is 0 Å². The van der Waals surface area contributed by atoms with E-state index >= 15 is 0 Å². The summed E-state index contributed by atoms with van der Waals surface area (Å²) >= 11 is 0. The molecule has 1 heterocycles. The molecule has 0 spiro atoms. The summed E-state index contributed by atoms with van der Waals surface area (Å²) in [6.07, 6.45) is 0.958. The van der Waals surface area contributed by atoms with Gasteiger partial charge in [0.15, 0.2) is 5.79 Å². The van der Waals surface area contributed by atoms with Gasteiger partial charge in [-0.2, -0.15) is 0 Å². The standard InChI is InChI=1S/C13H26O2/c1-10(2,3)8-12(7,11(4,5)6)13(14)9-15-13/h14H,8-9H2,1-7H3. The monoisotopic (exact) mass is 214 g/mol. The summed E-state index contributed by atoms with van der Waals surface area (Å²) in [5, 5.41) is 10.3. The third-order valence-electron chi connectivity index (χ3n) is 3.82. The van der Waals surface area contributed by atoms with E-state index in [9.17, 15) is 5.11 Å². The highest BCUT2D eigenvalue weighted by atomic mass is 16.7. The molecule has 0 radical (unpaired) electrons. The minimum Gasteiger partial charge on any atom is -0.363 e. The van der Waals surface area contributed by atoms with Crippen LogP contribution in [0.5, 0.6) is 0 Å². The van der Waals surface area contributed by atoms with Gasteiger partial charge in [0.05, 0.1) is 0 Å². The van der Waals surface area contributed by atoms with Gasteiger partial charge in [-0.15, -0.1) is 0 Å². The zero-order valence-corrected chi connectivity index (χ0v) is 11.3. The van der Waals surface area contributed by atoms with Crippen molar-refractivity contribution < 1.29 is 9.84 Å². The van der Waals surface area contributed by atoms with Gasteiger partial charge in [-0.05, 0) is 17.3 Å². The fourth-order valence-electron chi connectivity index (χ4n) is 2.44. The van der Waals surface area contributed by atoms with Crippen molar-refractivity contribution in [3.63, 3.8) is 0 Å². The lowest BCUT2D eigenvalue weighted by Gasteiger charge is -2.47. The second kappa shape index (κ2) is 3.21. The Kier molecular flexibility index (Phi) is 2.78. The van der Waals surface area contributed by atoms with Crippen molar-refractivity contribution in [3.05, 3.63) is 0 Å². The van der Waals surface area contributed by atoms with E-state index in [0.717, 1.165) is 6.42 Å². The molecule has 15 heavy (non-hydrogen) atoms. The zero-order chi connectivity index (χ0) is 12.1. The molecule has 0 aliphatic carbocycles. The van der Waals surface area contributed by atoms with Gasteiger partial charge in [-0.3, -0.25) is 0 Å². The number of hydrogen-bond acceptors (Lipinski definition) is 2. The topological polar surface area (TPSA) is 32.8 Å². The molecular weight excluding hydrogens is 188 g/mol. The number of ether oxygens (including phenoxy) is 1. The maximum absolute atomic E-state index is 10.3. The van der Waals surface area contributed by atoms with Gasteiger partial charge < -0.3 is 9.84 Å². The van der Waals surface area contributed by atoms with E-state index in [2.05, 4.69) is 48.5 Å². The first-order valence-electron chi connectivity index (χ1n) is 5.78. The van der Waals surface area contributed by atoms with Crippen LogP contribution in [0, 0.1) is 16.2 Å². The fraction of sp³-hybridized carbons (Fsp3) is 1.00. The SMILES string of the molecule is CC(C)(C)CC(C)(C(C)(C)C)C1(O)CO1. The van der Waals surface area contributed by atoms with Crippen molar-refractivity contribution in [1.82, 2.24) is 0 Å². The van der Waals surface area contributed by atoms with Crippen molar-refractivity contribution in [2.75, 3.05) is 6.61 Å². The Balaban J connectivity index is 2.98. The predicted molar refractivity (Wildman–Crippen MR) is 62.5 cm³/mol. The van der Waals surface area contributed by atoms with Gasteiger partial charge in [0.25, 0.3) is 0 Å². The zero-order valence-electron chi connectivity index (χ0n) is 11.3. The van der Waals surface area contributed by atoms with Crippen LogP contribution in [0.1, 0.15) is 54.9 Å². The van der Waals surface area contributed by atoms with Crippen LogP contribution < -0.4 is 0 Å². The second-order valence-electron chi connectivity index (χ2n) is 7.39. The summed E-state index contributed by atoms with van der Waals surface area (Å²) in [6.45, 7) is 15.8. The molecule has 1 aliphatic heterocycles. The van der Waals surface area contributed by atoms with Gasteiger partial charge in [0.2, 0.25) is 0 Å². The lowest BCUT2D eigenvalue weighted by atomic mass is 9.58. The molecule has 1 aliphatic rings. The molecule has 2 nitrogen and oxygen atoms in total. The highest BCUT2D eigenvalue weighted by Gasteiger charge is 2.63. The molecule has 90 valence electrons. The largest absolute Gasteiger partial charge is 0.363 e. The Hall–Kier alpha value is -0.0800. The minimum atomic E-state index is -0.904. The molecular formula is C13H26O2. The molecule has 2 unspecified atom stereocenters.